The van der Waals surface area contributed by atoms with Crippen molar-refractivity contribution in [2.75, 3.05) is 16.9 Å². The minimum atomic E-state index is 0.494. The second-order valence-electron chi connectivity index (χ2n) is 5.12. The molecule has 1 aromatic rings. The third-order valence-corrected chi connectivity index (χ3v) is 3.66. The van der Waals surface area contributed by atoms with Gasteiger partial charge in [0.25, 0.3) is 0 Å². The van der Waals surface area contributed by atoms with E-state index in [1.807, 2.05) is 6.20 Å². The average molecular weight is 235 g/mol. The number of nitrogens with one attached hydrogen (secondary N) is 1. The van der Waals surface area contributed by atoms with E-state index in [0.717, 1.165) is 12.4 Å². The van der Waals surface area contributed by atoms with Crippen molar-refractivity contribution in [3.8, 4) is 0 Å². The number of piperidine rings is 1. The lowest BCUT2D eigenvalue weighted by atomic mass is 9.86. The Morgan fingerprint density at radius 2 is 2.12 bits per heavy atom. The predicted octanol–water partition coefficient (Wildman–Crippen LogP) is 1.63. The first-order valence-corrected chi connectivity index (χ1v) is 6.17. The topological polar surface area (TPSA) is 67.1 Å². The molecular formula is C12H21N5. The molecule has 1 saturated heterocycles. The highest BCUT2D eigenvalue weighted by Gasteiger charge is 2.29. The number of hydrazine groups is 1. The molecule has 0 saturated carbocycles. The van der Waals surface area contributed by atoms with Crippen molar-refractivity contribution >= 4 is 11.6 Å². The van der Waals surface area contributed by atoms with Crippen molar-refractivity contribution in [3.05, 3.63) is 12.4 Å². The molecule has 2 heterocycles. The summed E-state index contributed by atoms with van der Waals surface area (Å²) in [4.78, 5) is 11.0. The van der Waals surface area contributed by atoms with Crippen molar-refractivity contribution < 1.29 is 0 Å². The first kappa shape index (κ1) is 12.1. The van der Waals surface area contributed by atoms with Crippen LogP contribution in [0.25, 0.3) is 0 Å². The van der Waals surface area contributed by atoms with Crippen molar-refractivity contribution in [1.29, 1.82) is 0 Å². The maximum Gasteiger partial charge on any atom is 0.160 e. The van der Waals surface area contributed by atoms with E-state index in [2.05, 4.69) is 41.1 Å². The molecule has 0 amide bonds. The minimum absolute atomic E-state index is 0.494. The summed E-state index contributed by atoms with van der Waals surface area (Å²) in [5, 5.41) is 0. The van der Waals surface area contributed by atoms with Crippen LogP contribution >= 0.6 is 0 Å². The van der Waals surface area contributed by atoms with E-state index in [0.29, 0.717) is 23.7 Å². The van der Waals surface area contributed by atoms with Crippen molar-refractivity contribution in [2.24, 2.45) is 17.7 Å². The van der Waals surface area contributed by atoms with E-state index in [1.54, 1.807) is 6.20 Å². The van der Waals surface area contributed by atoms with Gasteiger partial charge in [-0.05, 0) is 25.2 Å². The Morgan fingerprint density at radius 3 is 2.82 bits per heavy atom. The summed E-state index contributed by atoms with van der Waals surface area (Å²) in [5.41, 5.74) is 2.54. The van der Waals surface area contributed by atoms with E-state index in [-0.39, 0.29) is 0 Å². The number of nitrogens with two attached hydrogens (primary N) is 1. The Kier molecular flexibility index (Phi) is 3.47. The number of nitrogen functional groups attached to an aromatic ring is 1. The number of aromatic nitrogens is 2. The summed E-state index contributed by atoms with van der Waals surface area (Å²) in [6.07, 6.45) is 4.72. The zero-order valence-corrected chi connectivity index (χ0v) is 10.7. The molecular weight excluding hydrogens is 214 g/mol. The van der Waals surface area contributed by atoms with E-state index in [4.69, 9.17) is 5.84 Å². The highest BCUT2D eigenvalue weighted by atomic mass is 15.3. The summed E-state index contributed by atoms with van der Waals surface area (Å²) in [6, 6.07) is 0.494. The van der Waals surface area contributed by atoms with E-state index in [9.17, 15) is 0 Å². The zero-order valence-electron chi connectivity index (χ0n) is 10.7. The molecule has 1 aromatic heterocycles. The largest absolute Gasteiger partial charge is 0.352 e. The number of anilines is 2. The molecule has 1 aliphatic heterocycles. The fourth-order valence-electron chi connectivity index (χ4n) is 2.58. The van der Waals surface area contributed by atoms with Gasteiger partial charge in [0.05, 0.1) is 12.4 Å². The molecule has 2 rings (SSSR count). The minimum Gasteiger partial charge on any atom is -0.352 e. The lowest BCUT2D eigenvalue weighted by Crippen LogP contribution is -2.46. The van der Waals surface area contributed by atoms with E-state index < -0.39 is 0 Å². The maximum atomic E-state index is 5.37. The Morgan fingerprint density at radius 1 is 1.35 bits per heavy atom. The number of rotatable bonds is 2. The van der Waals surface area contributed by atoms with Gasteiger partial charge in [0.15, 0.2) is 5.82 Å². The summed E-state index contributed by atoms with van der Waals surface area (Å²) in [7, 11) is 0. The third-order valence-electron chi connectivity index (χ3n) is 3.66. The van der Waals surface area contributed by atoms with Crippen LogP contribution in [0.3, 0.4) is 0 Å². The Bertz CT molecular complexity index is 381. The normalized spacial score (nSPS) is 29.2. The SMILES string of the molecule is CC1CC(C)C(C)N(c2cncc(NN)n2)C1. The molecule has 17 heavy (non-hydrogen) atoms. The molecule has 0 radical (unpaired) electrons. The van der Waals surface area contributed by atoms with Crippen LogP contribution < -0.4 is 16.2 Å². The molecule has 0 aromatic carbocycles. The van der Waals surface area contributed by atoms with Crippen molar-refractivity contribution in [3.63, 3.8) is 0 Å². The highest BCUT2D eigenvalue weighted by Crippen LogP contribution is 2.30. The Balaban J connectivity index is 2.24. The average Bonchev–Trinajstić information content (AvgIpc) is 2.34. The standard InChI is InChI=1S/C12H21N5/c1-8-4-9(2)10(3)17(7-8)12-6-14-5-11(15-12)16-13/h5-6,8-10H,4,7,13H2,1-3H3,(H,15,16). The van der Waals surface area contributed by atoms with Gasteiger partial charge in [-0.1, -0.05) is 13.8 Å². The number of nitrogens with zero attached hydrogens (tertiary/aromatic N) is 3. The van der Waals surface area contributed by atoms with Crippen LogP contribution in [0.4, 0.5) is 11.6 Å². The van der Waals surface area contributed by atoms with Gasteiger partial charge in [0.1, 0.15) is 5.82 Å². The molecule has 1 fully saturated rings. The van der Waals surface area contributed by atoms with Gasteiger partial charge >= 0.3 is 0 Å². The summed E-state index contributed by atoms with van der Waals surface area (Å²) in [5.74, 6) is 8.25. The van der Waals surface area contributed by atoms with Gasteiger partial charge in [0, 0.05) is 12.6 Å². The van der Waals surface area contributed by atoms with Crippen molar-refractivity contribution in [2.45, 2.75) is 33.2 Å². The summed E-state index contributed by atoms with van der Waals surface area (Å²) in [6.45, 7) is 7.87. The number of hydrogen-bond donors (Lipinski definition) is 2. The second-order valence-corrected chi connectivity index (χ2v) is 5.12. The molecule has 0 aliphatic carbocycles. The van der Waals surface area contributed by atoms with Gasteiger partial charge in [-0.25, -0.2) is 10.8 Å². The van der Waals surface area contributed by atoms with Gasteiger partial charge < -0.3 is 10.3 Å². The molecule has 3 atom stereocenters. The third kappa shape index (κ3) is 2.49. The lowest BCUT2D eigenvalue weighted by Gasteiger charge is -2.41. The van der Waals surface area contributed by atoms with Crippen LogP contribution in [0.15, 0.2) is 12.4 Å². The summed E-state index contributed by atoms with van der Waals surface area (Å²) >= 11 is 0. The molecule has 0 spiro atoms. The summed E-state index contributed by atoms with van der Waals surface area (Å²) < 4.78 is 0. The molecule has 94 valence electrons. The molecule has 1 aliphatic rings. The van der Waals surface area contributed by atoms with Crippen LogP contribution in [0.2, 0.25) is 0 Å². The van der Waals surface area contributed by atoms with Gasteiger partial charge in [-0.3, -0.25) is 4.98 Å². The quantitative estimate of drug-likeness (QED) is 0.602. The molecule has 3 unspecified atom stereocenters. The van der Waals surface area contributed by atoms with Gasteiger partial charge in [0.2, 0.25) is 0 Å². The molecule has 5 nitrogen and oxygen atoms in total. The van der Waals surface area contributed by atoms with Crippen LogP contribution in [-0.2, 0) is 0 Å². The maximum absolute atomic E-state index is 5.37. The molecule has 5 heteroatoms. The monoisotopic (exact) mass is 235 g/mol. The van der Waals surface area contributed by atoms with Crippen LogP contribution in [0.5, 0.6) is 0 Å². The zero-order chi connectivity index (χ0) is 12.4. The molecule has 0 bridgehead atoms. The second kappa shape index (κ2) is 4.87. The Hall–Kier alpha value is -1.36. The first-order chi connectivity index (χ1) is 8.11. The van der Waals surface area contributed by atoms with E-state index >= 15 is 0 Å². The highest BCUT2D eigenvalue weighted by molar-refractivity contribution is 5.44. The van der Waals surface area contributed by atoms with Crippen molar-refractivity contribution in [1.82, 2.24) is 9.97 Å². The van der Waals surface area contributed by atoms with Gasteiger partial charge in [-0.2, -0.15) is 0 Å². The Labute approximate surface area is 102 Å². The van der Waals surface area contributed by atoms with Crippen LogP contribution in [0.1, 0.15) is 27.2 Å². The molecule has 3 N–H and O–H groups in total. The van der Waals surface area contributed by atoms with Crippen LogP contribution in [-0.4, -0.2) is 22.6 Å². The first-order valence-electron chi connectivity index (χ1n) is 6.17. The fraction of sp³-hybridized carbons (Fsp3) is 0.667. The van der Waals surface area contributed by atoms with E-state index in [1.165, 1.54) is 6.42 Å². The predicted molar refractivity (Wildman–Crippen MR) is 69.6 cm³/mol. The lowest BCUT2D eigenvalue weighted by molar-refractivity contribution is 0.295. The fourth-order valence-corrected chi connectivity index (χ4v) is 2.58. The smallest absolute Gasteiger partial charge is 0.160 e. The van der Waals surface area contributed by atoms with Crippen LogP contribution in [0, 0.1) is 11.8 Å². The van der Waals surface area contributed by atoms with Gasteiger partial charge in [-0.15, -0.1) is 0 Å². The number of hydrogen-bond acceptors (Lipinski definition) is 5.